The van der Waals surface area contributed by atoms with Crippen LogP contribution in [0.15, 0.2) is 35.7 Å². The largest absolute Gasteiger partial charge is 0.383 e. The lowest BCUT2D eigenvalue weighted by Crippen LogP contribution is -2.42. The Morgan fingerprint density at radius 1 is 1.32 bits per heavy atom. The van der Waals surface area contributed by atoms with E-state index in [9.17, 15) is 5.11 Å². The number of nitrogens with zero attached hydrogens (tertiary/aromatic N) is 3. The standard InChI is InChI=1S/C20H25N3OS/c1-3-11-22(2)15-19-21-18(16-25-19)20(24)9-12-23(13-10-20)14-17-7-5-4-6-8-17/h1,4-8,16,24H,9-15H2,2H3. The van der Waals surface area contributed by atoms with Gasteiger partial charge < -0.3 is 5.11 Å². The van der Waals surface area contributed by atoms with Gasteiger partial charge in [0.05, 0.1) is 18.8 Å². The Balaban J connectivity index is 1.57. The van der Waals surface area contributed by atoms with Crippen LogP contribution in [0.4, 0.5) is 0 Å². The first-order valence-electron chi connectivity index (χ1n) is 8.64. The molecule has 0 unspecified atom stereocenters. The molecule has 2 heterocycles. The van der Waals surface area contributed by atoms with Crippen LogP contribution < -0.4 is 0 Å². The molecule has 2 aromatic rings. The van der Waals surface area contributed by atoms with E-state index in [0.29, 0.717) is 6.54 Å². The van der Waals surface area contributed by atoms with Crippen LogP contribution in [0.25, 0.3) is 0 Å². The quantitative estimate of drug-likeness (QED) is 0.809. The summed E-state index contributed by atoms with van der Waals surface area (Å²) in [6.45, 7) is 4.04. The minimum Gasteiger partial charge on any atom is -0.383 e. The van der Waals surface area contributed by atoms with E-state index in [-0.39, 0.29) is 0 Å². The molecule has 1 aliphatic rings. The number of aliphatic hydroxyl groups is 1. The molecular formula is C20H25N3OS. The number of benzene rings is 1. The van der Waals surface area contributed by atoms with Crippen LogP contribution in [0, 0.1) is 12.3 Å². The molecule has 5 heteroatoms. The summed E-state index contributed by atoms with van der Waals surface area (Å²) in [6.07, 6.45) is 6.79. The van der Waals surface area contributed by atoms with Crippen molar-refractivity contribution < 1.29 is 5.11 Å². The van der Waals surface area contributed by atoms with E-state index < -0.39 is 5.60 Å². The van der Waals surface area contributed by atoms with Crippen molar-refractivity contribution in [2.75, 3.05) is 26.7 Å². The van der Waals surface area contributed by atoms with Crippen molar-refractivity contribution in [2.45, 2.75) is 31.5 Å². The molecule has 0 radical (unpaired) electrons. The van der Waals surface area contributed by atoms with E-state index >= 15 is 0 Å². The summed E-state index contributed by atoms with van der Waals surface area (Å²) in [7, 11) is 1.98. The van der Waals surface area contributed by atoms with Crippen molar-refractivity contribution in [3.05, 3.63) is 52.0 Å². The van der Waals surface area contributed by atoms with E-state index in [4.69, 9.17) is 6.42 Å². The molecule has 1 aromatic heterocycles. The molecule has 1 aromatic carbocycles. The van der Waals surface area contributed by atoms with Gasteiger partial charge in [-0.3, -0.25) is 9.80 Å². The zero-order chi connectivity index (χ0) is 17.7. The van der Waals surface area contributed by atoms with E-state index in [2.05, 4.69) is 45.0 Å². The smallest absolute Gasteiger partial charge is 0.110 e. The summed E-state index contributed by atoms with van der Waals surface area (Å²) in [6, 6.07) is 10.5. The van der Waals surface area contributed by atoms with Gasteiger partial charge in [0, 0.05) is 25.0 Å². The zero-order valence-electron chi connectivity index (χ0n) is 14.7. The maximum atomic E-state index is 11.0. The molecule has 1 saturated heterocycles. The first-order valence-corrected chi connectivity index (χ1v) is 9.52. The van der Waals surface area contributed by atoms with Crippen LogP contribution >= 0.6 is 11.3 Å². The molecule has 0 saturated carbocycles. The number of likely N-dealkylation sites (tertiary alicyclic amines) is 1. The number of hydrogen-bond donors (Lipinski definition) is 1. The third kappa shape index (κ3) is 4.68. The fourth-order valence-electron chi connectivity index (χ4n) is 3.22. The average molecular weight is 356 g/mol. The maximum Gasteiger partial charge on any atom is 0.110 e. The summed E-state index contributed by atoms with van der Waals surface area (Å²) in [5.41, 5.74) is 1.34. The van der Waals surface area contributed by atoms with Gasteiger partial charge in [-0.1, -0.05) is 36.3 Å². The van der Waals surface area contributed by atoms with Crippen molar-refractivity contribution >= 4 is 11.3 Å². The Morgan fingerprint density at radius 3 is 2.72 bits per heavy atom. The Kier molecular flexibility index (Phi) is 5.87. The van der Waals surface area contributed by atoms with E-state index in [1.54, 1.807) is 11.3 Å². The van der Waals surface area contributed by atoms with Crippen LogP contribution in [0.5, 0.6) is 0 Å². The highest BCUT2D eigenvalue weighted by molar-refractivity contribution is 7.09. The van der Waals surface area contributed by atoms with Crippen LogP contribution in [0.3, 0.4) is 0 Å². The number of rotatable bonds is 6. The molecule has 0 amide bonds. The van der Waals surface area contributed by atoms with Crippen LogP contribution in [0.1, 0.15) is 29.1 Å². The lowest BCUT2D eigenvalue weighted by molar-refractivity contribution is -0.0307. The fourth-order valence-corrected chi connectivity index (χ4v) is 4.18. The molecule has 3 rings (SSSR count). The van der Waals surface area contributed by atoms with Crippen molar-refractivity contribution in [1.82, 2.24) is 14.8 Å². The summed E-state index contributed by atoms with van der Waals surface area (Å²) in [5.74, 6) is 2.64. The molecule has 0 spiro atoms. The molecule has 0 bridgehead atoms. The van der Waals surface area contributed by atoms with Crippen LogP contribution in [-0.4, -0.2) is 46.6 Å². The van der Waals surface area contributed by atoms with Gasteiger partial charge in [0.15, 0.2) is 0 Å². The monoisotopic (exact) mass is 355 g/mol. The third-order valence-electron chi connectivity index (χ3n) is 4.73. The van der Waals surface area contributed by atoms with Crippen LogP contribution in [-0.2, 0) is 18.7 Å². The second-order valence-electron chi connectivity index (χ2n) is 6.80. The Labute approximate surface area is 154 Å². The third-order valence-corrected chi connectivity index (χ3v) is 5.56. The predicted octanol–water partition coefficient (Wildman–Crippen LogP) is 2.69. The lowest BCUT2D eigenvalue weighted by atomic mass is 9.88. The predicted molar refractivity (Wildman–Crippen MR) is 102 cm³/mol. The van der Waals surface area contributed by atoms with E-state index in [1.165, 1.54) is 5.56 Å². The van der Waals surface area contributed by atoms with Gasteiger partial charge >= 0.3 is 0 Å². The van der Waals surface area contributed by atoms with Gasteiger partial charge in [-0.2, -0.15) is 0 Å². The molecular weight excluding hydrogens is 330 g/mol. The summed E-state index contributed by atoms with van der Waals surface area (Å²) >= 11 is 1.60. The first kappa shape index (κ1) is 18.1. The second kappa shape index (κ2) is 8.11. The molecule has 4 nitrogen and oxygen atoms in total. The maximum absolute atomic E-state index is 11.0. The number of terminal acetylenes is 1. The minimum atomic E-state index is -0.799. The van der Waals surface area contributed by atoms with Crippen molar-refractivity contribution in [2.24, 2.45) is 0 Å². The highest BCUT2D eigenvalue weighted by atomic mass is 32.1. The van der Waals surface area contributed by atoms with Gasteiger partial charge in [0.25, 0.3) is 0 Å². The topological polar surface area (TPSA) is 39.6 Å². The van der Waals surface area contributed by atoms with Gasteiger partial charge in [-0.25, -0.2) is 4.98 Å². The van der Waals surface area contributed by atoms with Crippen molar-refractivity contribution in [1.29, 1.82) is 0 Å². The molecule has 132 valence electrons. The lowest BCUT2D eigenvalue weighted by Gasteiger charge is -2.37. The normalized spacial score (nSPS) is 17.5. The highest BCUT2D eigenvalue weighted by Gasteiger charge is 2.36. The average Bonchev–Trinajstić information content (AvgIpc) is 3.07. The minimum absolute atomic E-state index is 0.605. The van der Waals surface area contributed by atoms with E-state index in [0.717, 1.165) is 49.7 Å². The first-order chi connectivity index (χ1) is 12.1. The molecule has 1 aliphatic heterocycles. The Morgan fingerprint density at radius 2 is 2.04 bits per heavy atom. The van der Waals surface area contributed by atoms with Gasteiger partial charge in [0.1, 0.15) is 10.6 Å². The summed E-state index contributed by atoms with van der Waals surface area (Å²) in [5, 5.41) is 14.1. The van der Waals surface area contributed by atoms with Gasteiger partial charge in [-0.15, -0.1) is 17.8 Å². The van der Waals surface area contributed by atoms with Crippen molar-refractivity contribution in [3.8, 4) is 12.3 Å². The van der Waals surface area contributed by atoms with Crippen molar-refractivity contribution in [3.63, 3.8) is 0 Å². The van der Waals surface area contributed by atoms with Gasteiger partial charge in [0.2, 0.25) is 0 Å². The van der Waals surface area contributed by atoms with Crippen LogP contribution in [0.2, 0.25) is 0 Å². The highest BCUT2D eigenvalue weighted by Crippen LogP contribution is 2.34. The molecule has 1 N–H and O–H groups in total. The summed E-state index contributed by atoms with van der Waals surface area (Å²) in [4.78, 5) is 9.13. The Bertz CT molecular complexity index is 714. The van der Waals surface area contributed by atoms with E-state index in [1.807, 2.05) is 18.5 Å². The molecule has 25 heavy (non-hydrogen) atoms. The molecule has 0 atom stereocenters. The molecule has 1 fully saturated rings. The SMILES string of the molecule is C#CCN(C)Cc1nc(C2(O)CCN(Cc3ccccc3)CC2)cs1. The summed E-state index contributed by atoms with van der Waals surface area (Å²) < 4.78 is 0. The number of aromatic nitrogens is 1. The fraction of sp³-hybridized carbons (Fsp3) is 0.450. The molecule has 0 aliphatic carbocycles. The number of piperidine rings is 1. The number of thiazole rings is 1. The number of hydrogen-bond acceptors (Lipinski definition) is 5. The Hall–Kier alpha value is -1.71. The second-order valence-corrected chi connectivity index (χ2v) is 7.74. The van der Waals surface area contributed by atoms with Gasteiger partial charge in [-0.05, 0) is 25.5 Å². The zero-order valence-corrected chi connectivity index (χ0v) is 15.5.